The molecule has 0 bridgehead atoms. The lowest BCUT2D eigenvalue weighted by atomic mass is 9.99. The van der Waals surface area contributed by atoms with Crippen molar-refractivity contribution in [3.05, 3.63) is 66.2 Å². The lowest BCUT2D eigenvalue weighted by Gasteiger charge is -2.35. The fraction of sp³-hybridized carbons (Fsp3) is 0.417. The number of fused-ring (bicyclic) bond motifs is 1. The van der Waals surface area contributed by atoms with Gasteiger partial charge in [0.25, 0.3) is 5.91 Å². The van der Waals surface area contributed by atoms with E-state index in [9.17, 15) is 13.2 Å². The van der Waals surface area contributed by atoms with Crippen LogP contribution in [-0.2, 0) is 10.0 Å². The van der Waals surface area contributed by atoms with Crippen molar-refractivity contribution in [1.29, 1.82) is 0 Å². The van der Waals surface area contributed by atoms with Crippen molar-refractivity contribution in [2.45, 2.75) is 18.8 Å². The molecule has 0 aliphatic carbocycles. The van der Waals surface area contributed by atoms with Crippen molar-refractivity contribution in [2.75, 3.05) is 50.4 Å². The van der Waals surface area contributed by atoms with Crippen LogP contribution in [0.15, 0.2) is 54.7 Å². The molecule has 3 aromatic rings. The molecule has 1 amide bonds. The van der Waals surface area contributed by atoms with E-state index >= 15 is 0 Å². The first kappa shape index (κ1) is 21.9. The van der Waals surface area contributed by atoms with E-state index in [4.69, 9.17) is 4.98 Å². The highest BCUT2D eigenvalue weighted by Crippen LogP contribution is 2.30. The standard InChI is InChI=1S/C24H29N5O3S/c1-33(31,32)28-12-7-8-19(18-28)23-25-22(21-11-5-6-13-29(21)23)24(30)27-16-14-26(15-17-27)20-9-3-2-4-10-20/h2-6,9-11,13,19H,7-8,12,14-18H2,1H3/t19-/m1/s1. The number of rotatable bonds is 4. The summed E-state index contributed by atoms with van der Waals surface area (Å²) in [5.74, 6) is 0.665. The molecule has 9 heteroatoms. The molecule has 174 valence electrons. The van der Waals surface area contributed by atoms with Gasteiger partial charge in [0.1, 0.15) is 5.82 Å². The third-order valence-electron chi connectivity index (χ3n) is 6.68. The number of nitrogens with zero attached hydrogens (tertiary/aromatic N) is 5. The Kier molecular flexibility index (Phi) is 5.84. The fourth-order valence-electron chi connectivity index (χ4n) is 4.92. The van der Waals surface area contributed by atoms with Gasteiger partial charge in [-0.15, -0.1) is 0 Å². The van der Waals surface area contributed by atoms with Gasteiger partial charge in [0.05, 0.1) is 11.8 Å². The minimum Gasteiger partial charge on any atom is -0.368 e. The van der Waals surface area contributed by atoms with Gasteiger partial charge in [0, 0.05) is 57.1 Å². The maximum Gasteiger partial charge on any atom is 0.274 e. The van der Waals surface area contributed by atoms with E-state index in [0.717, 1.165) is 37.3 Å². The molecule has 2 saturated heterocycles. The number of imidazole rings is 1. The zero-order valence-electron chi connectivity index (χ0n) is 18.8. The highest BCUT2D eigenvalue weighted by Gasteiger charge is 2.32. The molecule has 0 saturated carbocycles. The van der Waals surface area contributed by atoms with Crippen LogP contribution in [0.4, 0.5) is 5.69 Å². The Morgan fingerprint density at radius 3 is 2.42 bits per heavy atom. The van der Waals surface area contributed by atoms with Gasteiger partial charge in [0.2, 0.25) is 10.0 Å². The third kappa shape index (κ3) is 4.35. The normalized spacial score (nSPS) is 20.3. The van der Waals surface area contributed by atoms with Crippen LogP contribution in [0.25, 0.3) is 5.52 Å². The minimum absolute atomic E-state index is 0.0418. The van der Waals surface area contributed by atoms with Crippen LogP contribution in [0, 0.1) is 0 Å². The van der Waals surface area contributed by atoms with Gasteiger partial charge >= 0.3 is 0 Å². The molecule has 1 aromatic carbocycles. The van der Waals surface area contributed by atoms with E-state index in [1.54, 1.807) is 0 Å². The number of hydrogen-bond acceptors (Lipinski definition) is 5. The summed E-state index contributed by atoms with van der Waals surface area (Å²) < 4.78 is 27.7. The largest absolute Gasteiger partial charge is 0.368 e. The van der Waals surface area contributed by atoms with E-state index in [1.807, 2.05) is 51.9 Å². The van der Waals surface area contributed by atoms with Gasteiger partial charge in [-0.1, -0.05) is 24.3 Å². The molecular formula is C24H29N5O3S. The van der Waals surface area contributed by atoms with Crippen molar-refractivity contribution in [2.24, 2.45) is 0 Å². The summed E-state index contributed by atoms with van der Waals surface area (Å²) in [7, 11) is -3.26. The second kappa shape index (κ2) is 8.79. The van der Waals surface area contributed by atoms with E-state index in [-0.39, 0.29) is 11.8 Å². The maximum atomic E-state index is 13.5. The van der Waals surface area contributed by atoms with Crippen molar-refractivity contribution >= 4 is 27.1 Å². The predicted octanol–water partition coefficient (Wildman–Crippen LogP) is 2.44. The van der Waals surface area contributed by atoms with Gasteiger partial charge in [-0.05, 0) is 37.1 Å². The number of piperazine rings is 1. The van der Waals surface area contributed by atoms with Crippen molar-refractivity contribution in [3.8, 4) is 0 Å². The number of sulfonamides is 1. The fourth-order valence-corrected chi connectivity index (χ4v) is 5.83. The number of benzene rings is 1. The first-order valence-corrected chi connectivity index (χ1v) is 13.3. The lowest BCUT2D eigenvalue weighted by molar-refractivity contribution is 0.0743. The molecule has 0 N–H and O–H groups in total. The van der Waals surface area contributed by atoms with Gasteiger partial charge in [-0.2, -0.15) is 0 Å². The monoisotopic (exact) mass is 467 g/mol. The Bertz CT molecular complexity index is 1250. The van der Waals surface area contributed by atoms with E-state index in [1.165, 1.54) is 16.2 Å². The topological polar surface area (TPSA) is 78.2 Å². The first-order valence-electron chi connectivity index (χ1n) is 11.4. The summed E-state index contributed by atoms with van der Waals surface area (Å²) in [6.07, 6.45) is 4.80. The van der Waals surface area contributed by atoms with Crippen molar-refractivity contribution in [1.82, 2.24) is 18.6 Å². The molecule has 4 heterocycles. The molecule has 2 fully saturated rings. The Balaban J connectivity index is 1.39. The number of carbonyl (C=O) groups excluding carboxylic acids is 1. The molecular weight excluding hydrogens is 438 g/mol. The SMILES string of the molecule is CS(=O)(=O)N1CCC[C@@H](c2nc(C(=O)N3CCN(c4ccccc4)CC3)c3ccccn23)C1. The molecule has 33 heavy (non-hydrogen) atoms. The zero-order chi connectivity index (χ0) is 23.0. The molecule has 0 radical (unpaired) electrons. The van der Waals surface area contributed by atoms with Crippen LogP contribution in [0.1, 0.15) is 35.1 Å². The quantitative estimate of drug-likeness (QED) is 0.589. The van der Waals surface area contributed by atoms with Gasteiger partial charge in [0.15, 0.2) is 5.69 Å². The number of hydrogen-bond donors (Lipinski definition) is 0. The Morgan fingerprint density at radius 1 is 0.970 bits per heavy atom. The number of carbonyl (C=O) groups is 1. The van der Waals surface area contributed by atoms with Gasteiger partial charge < -0.3 is 14.2 Å². The summed E-state index contributed by atoms with van der Waals surface area (Å²) >= 11 is 0. The van der Waals surface area contributed by atoms with Crippen LogP contribution in [0.3, 0.4) is 0 Å². The summed E-state index contributed by atoms with van der Waals surface area (Å²) in [6.45, 7) is 3.77. The molecule has 2 aliphatic rings. The van der Waals surface area contributed by atoms with Crippen molar-refractivity contribution < 1.29 is 13.2 Å². The predicted molar refractivity (Wildman–Crippen MR) is 128 cm³/mol. The van der Waals surface area contributed by atoms with Crippen LogP contribution < -0.4 is 4.90 Å². The van der Waals surface area contributed by atoms with E-state index in [2.05, 4.69) is 17.0 Å². The smallest absolute Gasteiger partial charge is 0.274 e. The number of piperidine rings is 1. The molecule has 2 aromatic heterocycles. The van der Waals surface area contributed by atoms with E-state index in [0.29, 0.717) is 31.9 Å². The minimum atomic E-state index is -3.26. The Morgan fingerprint density at radius 2 is 1.70 bits per heavy atom. The second-order valence-corrected chi connectivity index (χ2v) is 10.8. The van der Waals surface area contributed by atoms with Gasteiger partial charge in [-0.25, -0.2) is 17.7 Å². The Labute approximate surface area is 194 Å². The number of anilines is 1. The lowest BCUT2D eigenvalue weighted by Crippen LogP contribution is -2.49. The zero-order valence-corrected chi connectivity index (χ0v) is 19.6. The highest BCUT2D eigenvalue weighted by molar-refractivity contribution is 7.88. The number of aromatic nitrogens is 2. The molecule has 1 atom stereocenters. The van der Waals surface area contributed by atoms with Crippen LogP contribution >= 0.6 is 0 Å². The average Bonchev–Trinajstić information content (AvgIpc) is 3.24. The first-order chi connectivity index (χ1) is 15.9. The van der Waals surface area contributed by atoms with Crippen LogP contribution in [0.2, 0.25) is 0 Å². The third-order valence-corrected chi connectivity index (χ3v) is 7.95. The molecule has 2 aliphatic heterocycles. The summed E-state index contributed by atoms with van der Waals surface area (Å²) in [4.78, 5) is 22.5. The second-order valence-electron chi connectivity index (χ2n) is 8.85. The average molecular weight is 468 g/mol. The van der Waals surface area contributed by atoms with Gasteiger partial charge in [-0.3, -0.25) is 4.79 Å². The maximum absolute atomic E-state index is 13.5. The number of para-hydroxylation sites is 1. The Hall–Kier alpha value is -2.91. The molecule has 0 unspecified atom stereocenters. The number of pyridine rings is 1. The molecule has 0 spiro atoms. The summed E-state index contributed by atoms with van der Waals surface area (Å²) in [5, 5.41) is 0. The molecule has 8 nitrogen and oxygen atoms in total. The molecule has 5 rings (SSSR count). The number of amides is 1. The van der Waals surface area contributed by atoms with Crippen LogP contribution in [-0.4, -0.2) is 78.4 Å². The van der Waals surface area contributed by atoms with Crippen LogP contribution in [0.5, 0.6) is 0 Å². The summed E-state index contributed by atoms with van der Waals surface area (Å²) in [5.41, 5.74) is 2.40. The summed E-state index contributed by atoms with van der Waals surface area (Å²) in [6, 6.07) is 16.0. The van der Waals surface area contributed by atoms with Crippen molar-refractivity contribution in [3.63, 3.8) is 0 Å². The van der Waals surface area contributed by atoms with E-state index < -0.39 is 10.0 Å². The highest BCUT2D eigenvalue weighted by atomic mass is 32.2.